The van der Waals surface area contributed by atoms with Gasteiger partial charge in [0.1, 0.15) is 0 Å². The molecular weight excluding hydrogens is 308 g/mol. The fraction of sp³-hybridized carbons (Fsp3) is 0.400. The number of thiophene rings is 1. The van der Waals surface area contributed by atoms with Gasteiger partial charge in [-0.2, -0.15) is 0 Å². The van der Waals surface area contributed by atoms with Crippen LogP contribution >= 0.6 is 39.5 Å². The molecular formula is C10H11BrN2OS2. The molecule has 6 heteroatoms. The minimum atomic E-state index is -0.152. The van der Waals surface area contributed by atoms with Gasteiger partial charge in [-0.25, -0.2) is 0 Å². The normalized spacial score (nSPS) is 16.8. The Hall–Kier alpha value is -0.460. The van der Waals surface area contributed by atoms with E-state index in [4.69, 9.17) is 18.0 Å². The van der Waals surface area contributed by atoms with Gasteiger partial charge in [0.2, 0.25) is 0 Å². The molecule has 3 nitrogen and oxygen atoms in total. The lowest BCUT2D eigenvalue weighted by Gasteiger charge is -2.15. The van der Waals surface area contributed by atoms with Crippen LogP contribution in [0.15, 0.2) is 15.2 Å². The summed E-state index contributed by atoms with van der Waals surface area (Å²) in [6.07, 6.45) is 2.19. The monoisotopic (exact) mass is 318 g/mol. The molecule has 1 heterocycles. The number of hydrogen-bond donors (Lipinski definition) is 2. The third-order valence-corrected chi connectivity index (χ3v) is 4.27. The third kappa shape index (κ3) is 2.81. The zero-order chi connectivity index (χ0) is 11.7. The topological polar surface area (TPSA) is 55.1 Å². The Kier molecular flexibility index (Phi) is 3.61. The van der Waals surface area contributed by atoms with Crippen LogP contribution in [0.5, 0.6) is 0 Å². The Labute approximate surface area is 112 Å². The summed E-state index contributed by atoms with van der Waals surface area (Å²) < 4.78 is 0.941. The average molecular weight is 319 g/mol. The molecule has 16 heavy (non-hydrogen) atoms. The Bertz CT molecular complexity index is 428. The molecule has 1 aromatic heterocycles. The van der Waals surface area contributed by atoms with E-state index < -0.39 is 0 Å². The van der Waals surface area contributed by atoms with E-state index >= 15 is 0 Å². The second-order valence-electron chi connectivity index (χ2n) is 3.83. The van der Waals surface area contributed by atoms with Gasteiger partial charge in [0.05, 0.1) is 20.4 Å². The highest BCUT2D eigenvalue weighted by Gasteiger charge is 2.34. The summed E-state index contributed by atoms with van der Waals surface area (Å²) in [5.41, 5.74) is 6.27. The molecule has 0 bridgehead atoms. The van der Waals surface area contributed by atoms with Gasteiger partial charge < -0.3 is 11.1 Å². The molecule has 0 aromatic carbocycles. The smallest absolute Gasteiger partial charge is 0.252 e. The van der Waals surface area contributed by atoms with Crippen molar-refractivity contribution in [3.8, 4) is 0 Å². The molecule has 86 valence electrons. The predicted molar refractivity (Wildman–Crippen MR) is 72.8 cm³/mol. The molecule has 0 spiro atoms. The van der Waals surface area contributed by atoms with Crippen molar-refractivity contribution >= 4 is 50.4 Å². The lowest BCUT2D eigenvalue weighted by atomic mass is 10.1. The Morgan fingerprint density at radius 1 is 1.69 bits per heavy atom. The number of nitrogens with one attached hydrogen (secondary N) is 1. The van der Waals surface area contributed by atoms with Crippen LogP contribution in [0.2, 0.25) is 0 Å². The van der Waals surface area contributed by atoms with Crippen LogP contribution in [-0.4, -0.2) is 16.9 Å². The highest BCUT2D eigenvalue weighted by Crippen LogP contribution is 2.33. The van der Waals surface area contributed by atoms with Crippen LogP contribution in [-0.2, 0) is 0 Å². The molecule has 2 rings (SSSR count). The van der Waals surface area contributed by atoms with Crippen molar-refractivity contribution in [3.63, 3.8) is 0 Å². The number of nitrogens with two attached hydrogens (primary N) is 1. The zero-order valence-corrected chi connectivity index (χ0v) is 11.6. The molecule has 3 N–H and O–H groups in total. The second kappa shape index (κ2) is 4.81. The number of rotatable bonds is 4. The van der Waals surface area contributed by atoms with Crippen molar-refractivity contribution in [2.75, 3.05) is 0 Å². The van der Waals surface area contributed by atoms with Crippen molar-refractivity contribution < 1.29 is 4.79 Å². The Balaban J connectivity index is 2.02. The highest BCUT2D eigenvalue weighted by atomic mass is 79.9. The molecule has 0 saturated heterocycles. The van der Waals surface area contributed by atoms with Gasteiger partial charge in [0.15, 0.2) is 0 Å². The van der Waals surface area contributed by atoms with Crippen molar-refractivity contribution in [2.24, 2.45) is 11.7 Å². The van der Waals surface area contributed by atoms with E-state index in [1.807, 2.05) is 5.38 Å². The summed E-state index contributed by atoms with van der Waals surface area (Å²) in [5, 5.41) is 4.70. The first kappa shape index (κ1) is 12.0. The van der Waals surface area contributed by atoms with Crippen LogP contribution in [0.25, 0.3) is 0 Å². The minimum absolute atomic E-state index is 0.105. The molecule has 1 atom stereocenters. The van der Waals surface area contributed by atoms with E-state index in [-0.39, 0.29) is 11.9 Å². The Morgan fingerprint density at radius 3 is 2.81 bits per heavy atom. The van der Waals surface area contributed by atoms with Gasteiger partial charge in [-0.05, 0) is 40.8 Å². The number of carbonyl (C=O) groups is 1. The first-order valence-corrected chi connectivity index (χ1v) is 7.00. The third-order valence-electron chi connectivity index (χ3n) is 2.52. The molecule has 1 fully saturated rings. The zero-order valence-electron chi connectivity index (χ0n) is 8.40. The molecule has 1 aliphatic rings. The number of thiocarbonyl (C=S) groups is 1. The molecule has 1 amide bonds. The fourth-order valence-corrected chi connectivity index (χ4v) is 2.89. The second-order valence-corrected chi connectivity index (χ2v) is 6.59. The molecule has 1 unspecified atom stereocenters. The largest absolute Gasteiger partial charge is 0.392 e. The molecule has 1 aliphatic carbocycles. The maximum atomic E-state index is 11.9. The first-order chi connectivity index (χ1) is 7.58. The minimum Gasteiger partial charge on any atom is -0.392 e. The van der Waals surface area contributed by atoms with Gasteiger partial charge in [-0.3, -0.25) is 4.79 Å². The van der Waals surface area contributed by atoms with Crippen molar-refractivity contribution in [1.82, 2.24) is 5.32 Å². The standard InChI is InChI=1S/C10H11BrN2OS2/c11-7-3-6(4-16-7)10(14)13-8(9(12)15)5-1-2-5/h3-5,8H,1-2H2,(H2,12,15)(H,13,14). The summed E-state index contributed by atoms with van der Waals surface area (Å²) in [7, 11) is 0. The summed E-state index contributed by atoms with van der Waals surface area (Å²) in [5.74, 6) is 0.329. The quantitative estimate of drug-likeness (QED) is 0.838. The van der Waals surface area contributed by atoms with Gasteiger partial charge in [-0.1, -0.05) is 12.2 Å². The lowest BCUT2D eigenvalue weighted by molar-refractivity contribution is 0.0944. The summed E-state index contributed by atoms with van der Waals surface area (Å²) in [6, 6.07) is 1.64. The van der Waals surface area contributed by atoms with E-state index in [0.29, 0.717) is 16.5 Å². The maximum Gasteiger partial charge on any atom is 0.252 e. The molecule has 1 saturated carbocycles. The molecule has 0 radical (unpaired) electrons. The van der Waals surface area contributed by atoms with Crippen LogP contribution in [0.3, 0.4) is 0 Å². The van der Waals surface area contributed by atoms with Gasteiger partial charge in [0.25, 0.3) is 5.91 Å². The highest BCUT2D eigenvalue weighted by molar-refractivity contribution is 9.11. The number of hydrogen-bond acceptors (Lipinski definition) is 3. The van der Waals surface area contributed by atoms with Crippen LogP contribution in [0.4, 0.5) is 0 Å². The number of halogens is 1. The maximum absolute atomic E-state index is 11.9. The first-order valence-electron chi connectivity index (χ1n) is 4.92. The van der Waals surface area contributed by atoms with E-state index in [0.717, 1.165) is 16.6 Å². The average Bonchev–Trinajstić information content (AvgIpc) is 2.96. The Morgan fingerprint density at radius 2 is 2.38 bits per heavy atom. The SMILES string of the molecule is NC(=S)C(NC(=O)c1csc(Br)c1)C1CC1. The van der Waals surface area contributed by atoms with Crippen LogP contribution in [0.1, 0.15) is 23.2 Å². The van der Waals surface area contributed by atoms with Crippen LogP contribution < -0.4 is 11.1 Å². The van der Waals surface area contributed by atoms with E-state index in [9.17, 15) is 4.79 Å². The summed E-state index contributed by atoms with van der Waals surface area (Å²) >= 11 is 9.77. The van der Waals surface area contributed by atoms with E-state index in [1.54, 1.807) is 6.07 Å². The predicted octanol–water partition coefficient (Wildman–Crippen LogP) is 2.31. The fourth-order valence-electron chi connectivity index (χ4n) is 1.50. The van der Waals surface area contributed by atoms with Crippen molar-refractivity contribution in [1.29, 1.82) is 0 Å². The van der Waals surface area contributed by atoms with Crippen LogP contribution in [0, 0.1) is 5.92 Å². The van der Waals surface area contributed by atoms with Crippen molar-refractivity contribution in [3.05, 3.63) is 20.8 Å². The molecule has 0 aliphatic heterocycles. The van der Waals surface area contributed by atoms with Crippen molar-refractivity contribution in [2.45, 2.75) is 18.9 Å². The van der Waals surface area contributed by atoms with Gasteiger partial charge in [0, 0.05) is 5.38 Å². The number of carbonyl (C=O) groups excluding carboxylic acids is 1. The lowest BCUT2D eigenvalue weighted by Crippen LogP contribution is -2.44. The van der Waals surface area contributed by atoms with Gasteiger partial charge >= 0.3 is 0 Å². The van der Waals surface area contributed by atoms with E-state index in [1.165, 1.54) is 11.3 Å². The molecule has 1 aromatic rings. The van der Waals surface area contributed by atoms with E-state index in [2.05, 4.69) is 21.2 Å². The summed E-state index contributed by atoms with van der Waals surface area (Å²) in [4.78, 5) is 12.2. The van der Waals surface area contributed by atoms with Gasteiger partial charge in [-0.15, -0.1) is 11.3 Å². The number of amides is 1. The summed E-state index contributed by atoms with van der Waals surface area (Å²) in [6.45, 7) is 0.